The van der Waals surface area contributed by atoms with Gasteiger partial charge in [0.2, 0.25) is 5.91 Å². The van der Waals surface area contributed by atoms with E-state index in [0.717, 1.165) is 22.2 Å². The van der Waals surface area contributed by atoms with Gasteiger partial charge >= 0.3 is 0 Å². The van der Waals surface area contributed by atoms with Crippen molar-refractivity contribution in [2.24, 2.45) is 0 Å². The van der Waals surface area contributed by atoms with Crippen molar-refractivity contribution in [3.63, 3.8) is 0 Å². The zero-order valence-corrected chi connectivity index (χ0v) is 13.5. The summed E-state index contributed by atoms with van der Waals surface area (Å²) in [6.45, 7) is 0.711. The molecule has 1 saturated heterocycles. The van der Waals surface area contributed by atoms with Crippen LogP contribution < -0.4 is 0 Å². The number of carbonyl (C=O) groups is 1. The Morgan fingerprint density at radius 3 is 2.61 bits per heavy atom. The molecule has 120 valence electrons. The minimum absolute atomic E-state index is 0.108. The summed E-state index contributed by atoms with van der Waals surface area (Å²) in [6, 6.07) is 3.71. The number of hydrogen-bond acceptors (Lipinski definition) is 2. The topological polar surface area (TPSA) is 33.2 Å². The Kier molecular flexibility index (Phi) is 4.39. The monoisotopic (exact) mass is 384 g/mol. The van der Waals surface area contributed by atoms with E-state index in [9.17, 15) is 18.0 Å². The van der Waals surface area contributed by atoms with Gasteiger partial charge in [-0.05, 0) is 45.3 Å². The van der Waals surface area contributed by atoms with Crippen LogP contribution in [0, 0.1) is 17.5 Å². The molecule has 0 N–H and O–H groups in total. The van der Waals surface area contributed by atoms with Gasteiger partial charge in [0, 0.05) is 42.3 Å². The molecule has 1 aliphatic rings. The number of carbonyl (C=O) groups excluding carboxylic acids is 1. The average molecular weight is 385 g/mol. The molecule has 3 nitrogen and oxygen atoms in total. The summed E-state index contributed by atoms with van der Waals surface area (Å²) in [5, 5.41) is 0. The molecule has 2 heterocycles. The Morgan fingerprint density at radius 1 is 1.26 bits per heavy atom. The zero-order valence-electron chi connectivity index (χ0n) is 11.9. The molecule has 3 rings (SSSR count). The fourth-order valence-electron chi connectivity index (χ4n) is 2.70. The quantitative estimate of drug-likeness (QED) is 0.754. The van der Waals surface area contributed by atoms with E-state index < -0.39 is 17.5 Å². The van der Waals surface area contributed by atoms with E-state index >= 15 is 0 Å². The van der Waals surface area contributed by atoms with Gasteiger partial charge in [-0.15, -0.1) is 0 Å². The van der Waals surface area contributed by atoms with E-state index in [1.807, 2.05) is 0 Å². The van der Waals surface area contributed by atoms with Crippen molar-refractivity contribution in [3.05, 3.63) is 63.6 Å². The molecule has 1 amide bonds. The SMILES string of the molecule is O=C1C[C@H](c2cc(F)c(F)c(F)c2)CN1Cc1ccncc1Br. The van der Waals surface area contributed by atoms with Crippen LogP contribution in [0.15, 0.2) is 35.1 Å². The Morgan fingerprint density at radius 2 is 1.96 bits per heavy atom. The maximum absolute atomic E-state index is 13.4. The lowest BCUT2D eigenvalue weighted by Gasteiger charge is -2.17. The Bertz CT molecular complexity index is 746. The summed E-state index contributed by atoms with van der Waals surface area (Å²) in [5.74, 6) is -4.42. The van der Waals surface area contributed by atoms with Crippen molar-refractivity contribution in [1.82, 2.24) is 9.88 Å². The normalized spacial score (nSPS) is 17.8. The third-order valence-corrected chi connectivity index (χ3v) is 4.62. The maximum Gasteiger partial charge on any atom is 0.223 e. The predicted octanol–water partition coefficient (Wildman–Crippen LogP) is 3.78. The standard InChI is InChI=1S/C16H12BrF3N2O/c17-12-6-21-2-1-9(12)7-22-8-11(5-15(22)23)10-3-13(18)16(20)14(19)4-10/h1-4,6,11H,5,7-8H2/t11-/m0/s1. The molecule has 0 spiro atoms. The van der Waals surface area contributed by atoms with Crippen LogP contribution in [-0.4, -0.2) is 22.3 Å². The van der Waals surface area contributed by atoms with Crippen LogP contribution in [0.25, 0.3) is 0 Å². The third-order valence-electron chi connectivity index (χ3n) is 3.91. The van der Waals surface area contributed by atoms with E-state index in [1.54, 1.807) is 23.4 Å². The number of pyridine rings is 1. The van der Waals surface area contributed by atoms with Crippen LogP contribution in [-0.2, 0) is 11.3 Å². The highest BCUT2D eigenvalue weighted by Gasteiger charge is 2.32. The average Bonchev–Trinajstić information content (AvgIpc) is 2.88. The molecule has 1 aliphatic heterocycles. The van der Waals surface area contributed by atoms with E-state index in [2.05, 4.69) is 20.9 Å². The number of nitrogens with zero attached hydrogens (tertiary/aromatic N) is 2. The Hall–Kier alpha value is -1.89. The van der Waals surface area contributed by atoms with Crippen molar-refractivity contribution in [2.45, 2.75) is 18.9 Å². The van der Waals surface area contributed by atoms with E-state index in [0.29, 0.717) is 18.7 Å². The second-order valence-corrected chi connectivity index (χ2v) is 6.30. The minimum atomic E-state index is -1.49. The van der Waals surface area contributed by atoms with Crippen LogP contribution in [0.5, 0.6) is 0 Å². The lowest BCUT2D eigenvalue weighted by Crippen LogP contribution is -2.24. The highest BCUT2D eigenvalue weighted by molar-refractivity contribution is 9.10. The summed E-state index contributed by atoms with van der Waals surface area (Å²) in [4.78, 5) is 17.7. The van der Waals surface area contributed by atoms with E-state index in [4.69, 9.17) is 0 Å². The molecular weight excluding hydrogens is 373 g/mol. The van der Waals surface area contributed by atoms with Gasteiger partial charge in [-0.1, -0.05) is 0 Å². The molecule has 1 aromatic carbocycles. The number of hydrogen-bond donors (Lipinski definition) is 0. The molecule has 1 aromatic heterocycles. The van der Waals surface area contributed by atoms with Gasteiger partial charge in [-0.3, -0.25) is 9.78 Å². The number of benzene rings is 1. The summed E-state index contributed by atoms with van der Waals surface area (Å²) >= 11 is 3.37. The first kappa shape index (κ1) is 16.0. The summed E-state index contributed by atoms with van der Waals surface area (Å²) < 4.78 is 40.6. The molecule has 0 unspecified atom stereocenters. The van der Waals surface area contributed by atoms with Gasteiger partial charge in [0.1, 0.15) is 0 Å². The fraction of sp³-hybridized carbons (Fsp3) is 0.250. The second-order valence-electron chi connectivity index (χ2n) is 5.44. The first-order valence-electron chi connectivity index (χ1n) is 6.96. The van der Waals surface area contributed by atoms with Gasteiger partial charge in [-0.2, -0.15) is 0 Å². The largest absolute Gasteiger partial charge is 0.338 e. The molecule has 23 heavy (non-hydrogen) atoms. The highest BCUT2D eigenvalue weighted by Crippen LogP contribution is 2.31. The Labute approximate surface area is 139 Å². The summed E-state index contributed by atoms with van der Waals surface area (Å²) in [6.07, 6.45) is 3.41. The first-order chi connectivity index (χ1) is 11.0. The van der Waals surface area contributed by atoms with Gasteiger partial charge in [0.25, 0.3) is 0 Å². The lowest BCUT2D eigenvalue weighted by atomic mass is 9.98. The zero-order chi connectivity index (χ0) is 16.6. The van der Waals surface area contributed by atoms with Gasteiger partial charge in [0.15, 0.2) is 17.5 Å². The number of likely N-dealkylation sites (tertiary alicyclic amines) is 1. The molecule has 0 aliphatic carbocycles. The van der Waals surface area contributed by atoms with Gasteiger partial charge in [0.05, 0.1) is 0 Å². The van der Waals surface area contributed by atoms with Crippen LogP contribution in [0.1, 0.15) is 23.5 Å². The van der Waals surface area contributed by atoms with Crippen molar-refractivity contribution in [2.75, 3.05) is 6.54 Å². The van der Waals surface area contributed by atoms with E-state index in [1.165, 1.54) is 0 Å². The lowest BCUT2D eigenvalue weighted by molar-refractivity contribution is -0.128. The van der Waals surface area contributed by atoms with Gasteiger partial charge < -0.3 is 4.90 Å². The fourth-order valence-corrected chi connectivity index (χ4v) is 3.07. The minimum Gasteiger partial charge on any atom is -0.338 e. The van der Waals surface area contributed by atoms with Crippen molar-refractivity contribution >= 4 is 21.8 Å². The van der Waals surface area contributed by atoms with Crippen LogP contribution >= 0.6 is 15.9 Å². The van der Waals surface area contributed by atoms with Crippen molar-refractivity contribution in [1.29, 1.82) is 0 Å². The summed E-state index contributed by atoms with van der Waals surface area (Å²) in [5.41, 5.74) is 1.19. The Balaban J connectivity index is 1.79. The number of rotatable bonds is 3. The molecule has 2 aromatic rings. The molecule has 0 saturated carbocycles. The predicted molar refractivity (Wildman–Crippen MR) is 81.0 cm³/mol. The molecule has 7 heteroatoms. The molecular formula is C16H12BrF3N2O. The number of halogens is 4. The molecule has 1 fully saturated rings. The number of aromatic nitrogens is 1. The van der Waals surface area contributed by atoms with Crippen molar-refractivity contribution in [3.8, 4) is 0 Å². The smallest absolute Gasteiger partial charge is 0.223 e. The molecule has 0 bridgehead atoms. The number of amides is 1. The van der Waals surface area contributed by atoms with Crippen LogP contribution in [0.3, 0.4) is 0 Å². The second kappa shape index (κ2) is 6.31. The van der Waals surface area contributed by atoms with E-state index in [-0.39, 0.29) is 18.2 Å². The first-order valence-corrected chi connectivity index (χ1v) is 7.75. The highest BCUT2D eigenvalue weighted by atomic mass is 79.9. The molecule has 1 atom stereocenters. The van der Waals surface area contributed by atoms with Gasteiger partial charge in [-0.25, -0.2) is 13.2 Å². The third kappa shape index (κ3) is 3.24. The van der Waals surface area contributed by atoms with Crippen LogP contribution in [0.4, 0.5) is 13.2 Å². The molecule has 0 radical (unpaired) electrons. The maximum atomic E-state index is 13.4. The summed E-state index contributed by atoms with van der Waals surface area (Å²) in [7, 11) is 0. The van der Waals surface area contributed by atoms with Crippen LogP contribution in [0.2, 0.25) is 0 Å². The van der Waals surface area contributed by atoms with Crippen molar-refractivity contribution < 1.29 is 18.0 Å².